The predicted octanol–water partition coefficient (Wildman–Crippen LogP) is 4.65. The van der Waals surface area contributed by atoms with Crippen molar-refractivity contribution in [2.75, 3.05) is 5.32 Å². The van der Waals surface area contributed by atoms with Crippen LogP contribution in [0.2, 0.25) is 5.02 Å². The third-order valence-electron chi connectivity index (χ3n) is 3.60. The normalized spacial score (nSPS) is 10.6. The van der Waals surface area contributed by atoms with Gasteiger partial charge in [-0.3, -0.25) is 4.79 Å². The summed E-state index contributed by atoms with van der Waals surface area (Å²) in [7, 11) is 0. The van der Waals surface area contributed by atoms with E-state index in [9.17, 15) is 4.79 Å². The number of nitrogens with one attached hydrogen (secondary N) is 1. The Labute approximate surface area is 144 Å². The lowest BCUT2D eigenvalue weighted by Crippen LogP contribution is -2.12. The van der Waals surface area contributed by atoms with Gasteiger partial charge in [-0.1, -0.05) is 29.3 Å². The van der Waals surface area contributed by atoms with Crippen LogP contribution in [-0.4, -0.2) is 11.0 Å². The van der Waals surface area contributed by atoms with Crippen LogP contribution in [0.4, 0.5) is 5.69 Å². The molecular formula is C19H16ClNO3. The molecule has 0 atom stereocenters. The molecule has 0 unspecified atom stereocenters. The van der Waals surface area contributed by atoms with Gasteiger partial charge in [-0.05, 0) is 49.4 Å². The van der Waals surface area contributed by atoms with Crippen LogP contribution in [0.5, 0.6) is 0 Å². The molecule has 0 saturated heterocycles. The lowest BCUT2D eigenvalue weighted by atomic mass is 10.1. The second-order valence-corrected chi connectivity index (χ2v) is 5.85. The Kier molecular flexibility index (Phi) is 4.69. The molecule has 0 saturated carbocycles. The van der Waals surface area contributed by atoms with Crippen molar-refractivity contribution in [3.8, 4) is 11.3 Å². The zero-order valence-electron chi connectivity index (χ0n) is 13.0. The fourth-order valence-electron chi connectivity index (χ4n) is 2.37. The first kappa shape index (κ1) is 16.3. The largest absolute Gasteiger partial charge is 0.459 e. The number of rotatable bonds is 4. The zero-order valence-corrected chi connectivity index (χ0v) is 13.8. The van der Waals surface area contributed by atoms with Gasteiger partial charge in [0.1, 0.15) is 18.1 Å². The molecule has 122 valence electrons. The maximum atomic E-state index is 12.4. The molecule has 0 aliphatic rings. The van der Waals surface area contributed by atoms with Gasteiger partial charge in [0.05, 0.1) is 10.7 Å². The van der Waals surface area contributed by atoms with Crippen LogP contribution in [0.1, 0.15) is 21.7 Å². The predicted molar refractivity (Wildman–Crippen MR) is 94.2 cm³/mol. The molecule has 1 aromatic heterocycles. The van der Waals surface area contributed by atoms with Gasteiger partial charge in [0.25, 0.3) is 5.91 Å². The van der Waals surface area contributed by atoms with Gasteiger partial charge in [-0.25, -0.2) is 0 Å². The summed E-state index contributed by atoms with van der Waals surface area (Å²) in [5.74, 6) is 0.848. The Hall–Kier alpha value is -2.56. The van der Waals surface area contributed by atoms with Crippen LogP contribution < -0.4 is 5.32 Å². The topological polar surface area (TPSA) is 62.5 Å². The summed E-state index contributed by atoms with van der Waals surface area (Å²) < 4.78 is 5.51. The molecule has 3 rings (SSSR count). The Morgan fingerprint density at radius 1 is 1.17 bits per heavy atom. The first-order valence-electron chi connectivity index (χ1n) is 7.44. The molecule has 3 aromatic rings. The molecule has 1 amide bonds. The Balaban J connectivity index is 1.87. The summed E-state index contributed by atoms with van der Waals surface area (Å²) in [6.45, 7) is 1.77. The van der Waals surface area contributed by atoms with Crippen LogP contribution in [0, 0.1) is 6.92 Å². The second-order valence-electron chi connectivity index (χ2n) is 5.44. The van der Waals surface area contributed by atoms with Gasteiger partial charge < -0.3 is 14.8 Å². The van der Waals surface area contributed by atoms with Crippen molar-refractivity contribution in [3.63, 3.8) is 0 Å². The molecule has 0 radical (unpaired) electrons. The summed E-state index contributed by atoms with van der Waals surface area (Å²) in [4.78, 5) is 12.4. The number of hydrogen-bond donors (Lipinski definition) is 2. The summed E-state index contributed by atoms with van der Waals surface area (Å²) >= 11 is 6.19. The minimum absolute atomic E-state index is 0.162. The first-order chi connectivity index (χ1) is 11.6. The van der Waals surface area contributed by atoms with Crippen molar-refractivity contribution >= 4 is 23.2 Å². The molecular weight excluding hydrogens is 326 g/mol. The van der Waals surface area contributed by atoms with E-state index in [1.54, 1.807) is 36.4 Å². The maximum Gasteiger partial charge on any atom is 0.255 e. The number of furan rings is 1. The Morgan fingerprint density at radius 3 is 2.71 bits per heavy atom. The standard InChI is InChI=1S/C19H16ClNO3/c1-12-3-2-4-14(9-12)19(23)21-17-10-13(5-7-16(17)20)18-8-6-15(11-22)24-18/h2-10,22H,11H2,1H3,(H,21,23). The summed E-state index contributed by atoms with van der Waals surface area (Å²) in [5.41, 5.74) is 2.84. The lowest BCUT2D eigenvalue weighted by Gasteiger charge is -2.09. The molecule has 4 nitrogen and oxygen atoms in total. The van der Waals surface area contributed by atoms with E-state index < -0.39 is 0 Å². The van der Waals surface area contributed by atoms with Crippen molar-refractivity contribution in [2.24, 2.45) is 0 Å². The molecule has 2 N–H and O–H groups in total. The van der Waals surface area contributed by atoms with Crippen molar-refractivity contribution in [1.29, 1.82) is 0 Å². The molecule has 1 heterocycles. The number of aliphatic hydroxyl groups excluding tert-OH is 1. The van der Waals surface area contributed by atoms with Gasteiger partial charge >= 0.3 is 0 Å². The van der Waals surface area contributed by atoms with E-state index in [4.69, 9.17) is 21.1 Å². The monoisotopic (exact) mass is 341 g/mol. The van der Waals surface area contributed by atoms with E-state index in [0.29, 0.717) is 27.8 Å². The van der Waals surface area contributed by atoms with E-state index in [0.717, 1.165) is 11.1 Å². The highest BCUT2D eigenvalue weighted by atomic mass is 35.5. The van der Waals surface area contributed by atoms with Crippen molar-refractivity contribution in [3.05, 3.63) is 76.5 Å². The molecule has 0 bridgehead atoms. The summed E-state index contributed by atoms with van der Waals surface area (Å²) in [6, 6.07) is 16.0. The van der Waals surface area contributed by atoms with Crippen LogP contribution in [0.15, 0.2) is 59.0 Å². The van der Waals surface area contributed by atoms with E-state index in [1.807, 2.05) is 25.1 Å². The number of aliphatic hydroxyl groups is 1. The third-order valence-corrected chi connectivity index (χ3v) is 3.93. The molecule has 0 aliphatic carbocycles. The van der Waals surface area contributed by atoms with Crippen LogP contribution >= 0.6 is 11.6 Å². The number of halogens is 1. The van der Waals surface area contributed by atoms with Gasteiger partial charge in [0.2, 0.25) is 0 Å². The number of carbonyl (C=O) groups excluding carboxylic acids is 1. The van der Waals surface area contributed by atoms with E-state index >= 15 is 0 Å². The average Bonchev–Trinajstić information content (AvgIpc) is 3.06. The number of benzene rings is 2. The molecule has 5 heteroatoms. The fourth-order valence-corrected chi connectivity index (χ4v) is 2.54. The van der Waals surface area contributed by atoms with Gasteiger partial charge in [0, 0.05) is 11.1 Å². The van der Waals surface area contributed by atoms with Crippen molar-refractivity contribution in [2.45, 2.75) is 13.5 Å². The Morgan fingerprint density at radius 2 is 2.00 bits per heavy atom. The SMILES string of the molecule is Cc1cccc(C(=O)Nc2cc(-c3ccc(CO)o3)ccc2Cl)c1. The molecule has 0 spiro atoms. The highest BCUT2D eigenvalue weighted by Crippen LogP contribution is 2.30. The highest BCUT2D eigenvalue weighted by molar-refractivity contribution is 6.34. The van der Waals surface area contributed by atoms with E-state index in [1.165, 1.54) is 0 Å². The number of aryl methyl sites for hydroxylation is 1. The molecule has 2 aromatic carbocycles. The molecule has 0 fully saturated rings. The molecule has 0 aliphatic heterocycles. The number of carbonyl (C=O) groups is 1. The van der Waals surface area contributed by atoms with Crippen molar-refractivity contribution in [1.82, 2.24) is 0 Å². The Bertz CT molecular complexity index is 886. The zero-order chi connectivity index (χ0) is 17.1. The minimum atomic E-state index is -0.228. The second kappa shape index (κ2) is 6.91. The van der Waals surface area contributed by atoms with E-state index in [2.05, 4.69) is 5.32 Å². The van der Waals surface area contributed by atoms with E-state index in [-0.39, 0.29) is 12.5 Å². The third kappa shape index (κ3) is 3.50. The fraction of sp³-hybridized carbons (Fsp3) is 0.105. The highest BCUT2D eigenvalue weighted by Gasteiger charge is 2.11. The molecule has 24 heavy (non-hydrogen) atoms. The minimum Gasteiger partial charge on any atom is -0.459 e. The van der Waals surface area contributed by atoms with Gasteiger partial charge in [0.15, 0.2) is 0 Å². The lowest BCUT2D eigenvalue weighted by molar-refractivity contribution is 0.102. The van der Waals surface area contributed by atoms with Gasteiger partial charge in [-0.15, -0.1) is 0 Å². The summed E-state index contributed by atoms with van der Waals surface area (Å²) in [5, 5.41) is 12.4. The van der Waals surface area contributed by atoms with Crippen LogP contribution in [0.25, 0.3) is 11.3 Å². The first-order valence-corrected chi connectivity index (χ1v) is 7.82. The van der Waals surface area contributed by atoms with Crippen molar-refractivity contribution < 1.29 is 14.3 Å². The van der Waals surface area contributed by atoms with Crippen LogP contribution in [0.3, 0.4) is 0 Å². The van der Waals surface area contributed by atoms with Crippen LogP contribution in [-0.2, 0) is 6.61 Å². The maximum absolute atomic E-state index is 12.4. The average molecular weight is 342 g/mol. The summed E-state index contributed by atoms with van der Waals surface area (Å²) in [6.07, 6.45) is 0. The number of hydrogen-bond acceptors (Lipinski definition) is 3. The number of amides is 1. The number of anilines is 1. The quantitative estimate of drug-likeness (QED) is 0.725. The smallest absolute Gasteiger partial charge is 0.255 e. The van der Waals surface area contributed by atoms with Gasteiger partial charge in [-0.2, -0.15) is 0 Å².